The van der Waals surface area contributed by atoms with Gasteiger partial charge in [0.2, 0.25) is 0 Å². The van der Waals surface area contributed by atoms with Crippen LogP contribution in [-0.4, -0.2) is 11.9 Å². The molecule has 2 heteroatoms. The smallest absolute Gasteiger partial charge is 0.251 e. The Morgan fingerprint density at radius 1 is 1.33 bits per heavy atom. The Kier molecular flexibility index (Phi) is 1.57. The van der Waals surface area contributed by atoms with Crippen LogP contribution >= 0.6 is 0 Å². The molecule has 1 aromatic carbocycles. The number of fused-ring (bicyclic) bond motifs is 3. The van der Waals surface area contributed by atoms with E-state index in [0.717, 1.165) is 12.0 Å². The van der Waals surface area contributed by atoms with Crippen molar-refractivity contribution in [3.05, 3.63) is 35.4 Å². The lowest BCUT2D eigenvalue weighted by atomic mass is 9.55. The number of rotatable bonds is 0. The Bertz CT molecular complexity index is 436. The highest BCUT2D eigenvalue weighted by Gasteiger charge is 2.51. The van der Waals surface area contributed by atoms with Crippen LogP contribution in [-0.2, 0) is 0 Å². The third kappa shape index (κ3) is 1.08. The second-order valence-corrected chi connectivity index (χ2v) is 5.34. The molecule has 0 spiro atoms. The van der Waals surface area contributed by atoms with Crippen molar-refractivity contribution in [2.45, 2.75) is 32.2 Å². The van der Waals surface area contributed by atoms with Gasteiger partial charge in [-0.15, -0.1) is 0 Å². The molecule has 2 unspecified atom stereocenters. The van der Waals surface area contributed by atoms with Crippen molar-refractivity contribution in [3.63, 3.8) is 0 Å². The second kappa shape index (κ2) is 2.63. The lowest BCUT2D eigenvalue weighted by Gasteiger charge is -2.54. The van der Waals surface area contributed by atoms with Crippen LogP contribution in [0, 0.1) is 5.41 Å². The Balaban J connectivity index is 2.14. The van der Waals surface area contributed by atoms with E-state index in [1.165, 1.54) is 5.56 Å². The number of benzene rings is 1. The lowest BCUT2D eigenvalue weighted by molar-refractivity contribution is 0.0563. The molecule has 1 aliphatic heterocycles. The van der Waals surface area contributed by atoms with Crippen molar-refractivity contribution in [1.82, 2.24) is 5.32 Å². The molecule has 0 aromatic heterocycles. The average Bonchev–Trinajstić information content (AvgIpc) is 2.16. The van der Waals surface area contributed by atoms with E-state index in [-0.39, 0.29) is 5.91 Å². The zero-order valence-electron chi connectivity index (χ0n) is 9.08. The quantitative estimate of drug-likeness (QED) is 0.685. The van der Waals surface area contributed by atoms with Gasteiger partial charge in [0.25, 0.3) is 5.91 Å². The summed E-state index contributed by atoms with van der Waals surface area (Å²) in [5.74, 6) is 0.605. The van der Waals surface area contributed by atoms with Gasteiger partial charge < -0.3 is 5.32 Å². The van der Waals surface area contributed by atoms with Gasteiger partial charge in [0.05, 0.1) is 0 Å². The van der Waals surface area contributed by atoms with Crippen LogP contribution < -0.4 is 5.32 Å². The third-order valence-electron chi connectivity index (χ3n) is 3.85. The minimum Gasteiger partial charge on any atom is -0.349 e. The summed E-state index contributed by atoms with van der Waals surface area (Å²) in [5, 5.41) is 3.09. The fraction of sp³-hybridized carbons (Fsp3) is 0.462. The fourth-order valence-electron chi connectivity index (χ4n) is 3.19. The molecule has 2 aliphatic rings. The highest BCUT2D eigenvalue weighted by atomic mass is 16.1. The molecule has 2 atom stereocenters. The molecule has 2 nitrogen and oxygen atoms in total. The van der Waals surface area contributed by atoms with Crippen molar-refractivity contribution in [2.75, 3.05) is 0 Å². The minimum atomic E-state index is 0.0994. The standard InChI is InChI=1S/C13H15NO/c1-13(2)7-10-11(13)8-5-3-4-6-9(8)12(15)14-10/h3-6,10-11H,7H2,1-2H3,(H,14,15). The van der Waals surface area contributed by atoms with Gasteiger partial charge in [-0.2, -0.15) is 0 Å². The number of nitrogens with one attached hydrogen (secondary N) is 1. The number of carbonyl (C=O) groups excluding carboxylic acids is 1. The molecule has 0 bridgehead atoms. The van der Waals surface area contributed by atoms with Crippen LogP contribution in [0.25, 0.3) is 0 Å². The molecule has 0 radical (unpaired) electrons. The Hall–Kier alpha value is -1.31. The van der Waals surface area contributed by atoms with Gasteiger partial charge in [-0.3, -0.25) is 4.79 Å². The van der Waals surface area contributed by atoms with Crippen molar-refractivity contribution in [3.8, 4) is 0 Å². The molecule has 1 saturated carbocycles. The number of carbonyl (C=O) groups is 1. The van der Waals surface area contributed by atoms with E-state index in [2.05, 4.69) is 25.2 Å². The topological polar surface area (TPSA) is 29.1 Å². The predicted octanol–water partition coefficient (Wildman–Crippen LogP) is 2.31. The normalized spacial score (nSPS) is 30.9. The van der Waals surface area contributed by atoms with E-state index in [4.69, 9.17) is 0 Å². The number of amides is 1. The molecule has 78 valence electrons. The van der Waals surface area contributed by atoms with E-state index < -0.39 is 0 Å². The molecule has 1 N–H and O–H groups in total. The van der Waals surface area contributed by atoms with E-state index in [1.54, 1.807) is 0 Å². The lowest BCUT2D eigenvalue weighted by Crippen LogP contribution is -2.58. The Morgan fingerprint density at radius 2 is 2.07 bits per heavy atom. The van der Waals surface area contributed by atoms with Crippen molar-refractivity contribution in [1.29, 1.82) is 0 Å². The molecule has 1 heterocycles. The van der Waals surface area contributed by atoms with Gasteiger partial charge in [0.15, 0.2) is 0 Å². The largest absolute Gasteiger partial charge is 0.349 e. The summed E-state index contributed by atoms with van der Waals surface area (Å²) in [6.45, 7) is 4.56. The van der Waals surface area contributed by atoms with Gasteiger partial charge in [-0.25, -0.2) is 0 Å². The van der Waals surface area contributed by atoms with E-state index in [9.17, 15) is 4.79 Å². The minimum absolute atomic E-state index is 0.0994. The summed E-state index contributed by atoms with van der Waals surface area (Å²) in [4.78, 5) is 11.8. The van der Waals surface area contributed by atoms with Gasteiger partial charge in [0.1, 0.15) is 0 Å². The van der Waals surface area contributed by atoms with Crippen LogP contribution in [0.15, 0.2) is 24.3 Å². The summed E-state index contributed by atoms with van der Waals surface area (Å²) >= 11 is 0. The molecular weight excluding hydrogens is 186 g/mol. The third-order valence-corrected chi connectivity index (χ3v) is 3.85. The molecular formula is C13H15NO. The SMILES string of the molecule is CC1(C)CC2NC(=O)c3ccccc3C21. The van der Waals surface area contributed by atoms with Crippen molar-refractivity contribution in [2.24, 2.45) is 5.41 Å². The molecule has 3 rings (SSSR count). The molecule has 1 aromatic rings. The fourth-order valence-corrected chi connectivity index (χ4v) is 3.19. The maximum atomic E-state index is 11.8. The van der Waals surface area contributed by atoms with Crippen molar-refractivity contribution < 1.29 is 4.79 Å². The highest BCUT2D eigenvalue weighted by molar-refractivity contribution is 5.97. The van der Waals surface area contributed by atoms with Gasteiger partial charge in [0, 0.05) is 17.5 Å². The Morgan fingerprint density at radius 3 is 2.80 bits per heavy atom. The Labute approximate surface area is 89.7 Å². The van der Waals surface area contributed by atoms with Crippen LogP contribution in [0.3, 0.4) is 0 Å². The van der Waals surface area contributed by atoms with Crippen molar-refractivity contribution >= 4 is 5.91 Å². The monoisotopic (exact) mass is 201 g/mol. The van der Waals surface area contributed by atoms with Crippen LogP contribution in [0.4, 0.5) is 0 Å². The van der Waals surface area contributed by atoms with Crippen LogP contribution in [0.5, 0.6) is 0 Å². The van der Waals surface area contributed by atoms with Gasteiger partial charge >= 0.3 is 0 Å². The zero-order valence-corrected chi connectivity index (χ0v) is 9.08. The molecule has 1 aliphatic carbocycles. The summed E-state index contributed by atoms with van der Waals surface area (Å²) in [6, 6.07) is 8.36. The van der Waals surface area contributed by atoms with E-state index in [1.807, 2.05) is 18.2 Å². The first-order valence-electron chi connectivity index (χ1n) is 5.49. The zero-order chi connectivity index (χ0) is 10.6. The first kappa shape index (κ1) is 8.96. The predicted molar refractivity (Wildman–Crippen MR) is 58.8 cm³/mol. The van der Waals surface area contributed by atoms with Crippen LogP contribution in [0.2, 0.25) is 0 Å². The van der Waals surface area contributed by atoms with E-state index >= 15 is 0 Å². The average molecular weight is 201 g/mol. The van der Waals surface area contributed by atoms with Crippen LogP contribution in [0.1, 0.15) is 42.1 Å². The van der Waals surface area contributed by atoms with Gasteiger partial charge in [-0.05, 0) is 23.5 Å². The second-order valence-electron chi connectivity index (χ2n) is 5.34. The molecule has 1 fully saturated rings. The molecule has 1 amide bonds. The van der Waals surface area contributed by atoms with E-state index in [0.29, 0.717) is 17.4 Å². The van der Waals surface area contributed by atoms with Gasteiger partial charge in [-0.1, -0.05) is 32.0 Å². The maximum Gasteiger partial charge on any atom is 0.251 e. The highest BCUT2D eigenvalue weighted by Crippen LogP contribution is 2.54. The first-order chi connectivity index (χ1) is 7.09. The first-order valence-corrected chi connectivity index (χ1v) is 5.49. The summed E-state index contributed by atoms with van der Waals surface area (Å²) in [6.07, 6.45) is 1.09. The number of hydrogen-bond acceptors (Lipinski definition) is 1. The summed E-state index contributed by atoms with van der Waals surface area (Å²) in [5.41, 5.74) is 2.43. The molecule has 0 saturated heterocycles. The summed E-state index contributed by atoms with van der Waals surface area (Å²) < 4.78 is 0. The number of hydrogen-bond donors (Lipinski definition) is 1. The molecule has 15 heavy (non-hydrogen) atoms. The maximum absolute atomic E-state index is 11.8. The summed E-state index contributed by atoms with van der Waals surface area (Å²) in [7, 11) is 0.